The van der Waals surface area contributed by atoms with Crippen LogP contribution in [0, 0.1) is 11.8 Å². The highest BCUT2D eigenvalue weighted by atomic mass is 35.5. The summed E-state index contributed by atoms with van der Waals surface area (Å²) in [4.78, 5) is 24.5. The van der Waals surface area contributed by atoms with Crippen LogP contribution in [0.5, 0.6) is 0 Å². The van der Waals surface area contributed by atoms with Crippen molar-refractivity contribution in [3.8, 4) is 0 Å². The van der Waals surface area contributed by atoms with E-state index < -0.39 is 56.8 Å². The summed E-state index contributed by atoms with van der Waals surface area (Å²) in [6.45, 7) is 0.433. The van der Waals surface area contributed by atoms with Crippen LogP contribution in [0.15, 0.2) is 11.2 Å². The number of amides is 2. The Bertz CT molecular complexity index is 793. The third-order valence-electron chi connectivity index (χ3n) is 5.70. The number of hydrogen-bond donors (Lipinski definition) is 3. The van der Waals surface area contributed by atoms with Crippen molar-refractivity contribution in [1.82, 2.24) is 16.0 Å². The van der Waals surface area contributed by atoms with E-state index in [1.165, 1.54) is 0 Å². The fourth-order valence-electron chi connectivity index (χ4n) is 4.25. The lowest BCUT2D eigenvalue weighted by Gasteiger charge is -2.47. The predicted molar refractivity (Wildman–Crippen MR) is 102 cm³/mol. The monoisotopic (exact) mass is 459 g/mol. The molecule has 2 amide bonds. The van der Waals surface area contributed by atoms with E-state index in [0.29, 0.717) is 25.6 Å². The van der Waals surface area contributed by atoms with Gasteiger partial charge in [0.25, 0.3) is 5.92 Å². The van der Waals surface area contributed by atoms with Gasteiger partial charge in [0.2, 0.25) is 26.8 Å². The van der Waals surface area contributed by atoms with Gasteiger partial charge in [-0.05, 0) is 31.8 Å². The largest absolute Gasteiger partial charge is 0.356 e. The number of alkyl halides is 2. The summed E-state index contributed by atoms with van der Waals surface area (Å²) < 4.78 is 65.1. The lowest BCUT2D eigenvalue weighted by molar-refractivity contribution is -0.154. The zero-order valence-corrected chi connectivity index (χ0v) is 17.4. The van der Waals surface area contributed by atoms with Gasteiger partial charge in [-0.25, -0.2) is 17.2 Å². The maximum atomic E-state index is 14.2. The zero-order valence-electron chi connectivity index (χ0n) is 15.8. The minimum atomic E-state index is -4.13. The first-order chi connectivity index (χ1) is 13.0. The van der Waals surface area contributed by atoms with Crippen LogP contribution >= 0.6 is 12.4 Å². The summed E-state index contributed by atoms with van der Waals surface area (Å²) >= 11 is 0. The molecule has 1 aliphatic carbocycles. The third kappa shape index (κ3) is 5.43. The van der Waals surface area contributed by atoms with Gasteiger partial charge in [0.15, 0.2) is 0 Å². The van der Waals surface area contributed by atoms with Crippen LogP contribution in [-0.4, -0.2) is 57.1 Å². The second kappa shape index (κ2) is 8.81. The van der Waals surface area contributed by atoms with Gasteiger partial charge in [0.05, 0.1) is 12.1 Å². The highest BCUT2D eigenvalue weighted by molar-refractivity contribution is 7.94. The molecule has 0 aromatic carbocycles. The molecule has 0 aromatic rings. The molecule has 5 atom stereocenters. The molecular formula is C17H25ClF3N3O4S. The van der Waals surface area contributed by atoms with Crippen LogP contribution in [-0.2, 0) is 19.4 Å². The molecule has 0 radical (unpaired) electrons. The Morgan fingerprint density at radius 2 is 2.03 bits per heavy atom. The molecule has 2 bridgehead atoms. The summed E-state index contributed by atoms with van der Waals surface area (Å²) in [6.07, 6.45) is 2.29. The highest BCUT2D eigenvalue weighted by Gasteiger charge is 2.55. The topological polar surface area (TPSA) is 104 Å². The number of nitrogens with one attached hydrogen (secondary N) is 3. The molecule has 3 saturated heterocycles. The Morgan fingerprint density at radius 1 is 1.34 bits per heavy atom. The van der Waals surface area contributed by atoms with Gasteiger partial charge >= 0.3 is 0 Å². The SMILES string of the molecule is CS(=O)(=O)/C(F)=C/[C@H](C[C@@H]1CCNC1=O)NC(=O)[C@H]1N[C@H]2CC[C@@H]1C(F)(F)C2.Cl. The molecule has 12 heteroatoms. The minimum Gasteiger partial charge on any atom is -0.356 e. The molecule has 7 nitrogen and oxygen atoms in total. The van der Waals surface area contributed by atoms with Crippen LogP contribution in [0.3, 0.4) is 0 Å². The molecule has 0 aromatic heterocycles. The molecule has 3 aliphatic heterocycles. The number of rotatable bonds is 6. The van der Waals surface area contributed by atoms with Crippen molar-refractivity contribution in [2.24, 2.45) is 11.8 Å². The number of piperidine rings is 2. The van der Waals surface area contributed by atoms with Gasteiger partial charge in [-0.3, -0.25) is 9.59 Å². The lowest BCUT2D eigenvalue weighted by Crippen LogP contribution is -2.66. The zero-order chi connectivity index (χ0) is 20.7. The summed E-state index contributed by atoms with van der Waals surface area (Å²) in [5, 5.41) is 6.54. The fourth-order valence-corrected chi connectivity index (χ4v) is 4.67. The Labute approximate surface area is 173 Å². The lowest BCUT2D eigenvalue weighted by atomic mass is 9.73. The van der Waals surface area contributed by atoms with E-state index in [2.05, 4.69) is 16.0 Å². The average Bonchev–Trinajstić information content (AvgIpc) is 2.97. The summed E-state index contributed by atoms with van der Waals surface area (Å²) in [6, 6.07) is -2.72. The van der Waals surface area contributed by atoms with Crippen LogP contribution in [0.25, 0.3) is 0 Å². The first kappa shape index (κ1) is 23.9. The molecule has 4 rings (SSSR count). The molecule has 29 heavy (non-hydrogen) atoms. The van der Waals surface area contributed by atoms with Crippen molar-refractivity contribution >= 4 is 34.1 Å². The third-order valence-corrected chi connectivity index (χ3v) is 6.55. The number of sulfone groups is 1. The van der Waals surface area contributed by atoms with Crippen LogP contribution in [0.1, 0.15) is 32.1 Å². The second-order valence-corrected chi connectivity index (χ2v) is 9.79. The van der Waals surface area contributed by atoms with Crippen LogP contribution < -0.4 is 16.0 Å². The standard InChI is InChI=1S/C17H24F3N3O4S.ClH/c1-28(26,27)13(18)7-11(6-9-4-5-21-15(9)24)23-16(25)14-12-3-2-10(22-14)8-17(12,19)20;/h7,9-12,14,22H,2-6,8H2,1H3,(H,21,24)(H,23,25);1H/b13-7+;/t9-,10-,11-,12-,14-;/m0./s1. The number of fused-ring (bicyclic) bond motifs is 3. The Hall–Kier alpha value is -1.33. The molecule has 3 N–H and O–H groups in total. The van der Waals surface area contributed by atoms with Crippen molar-refractivity contribution in [1.29, 1.82) is 0 Å². The molecule has 166 valence electrons. The smallest absolute Gasteiger partial charge is 0.254 e. The number of carbonyl (C=O) groups is 2. The Kier molecular flexibility index (Phi) is 7.27. The van der Waals surface area contributed by atoms with Gasteiger partial charge in [-0.1, -0.05) is 0 Å². The quantitative estimate of drug-likeness (QED) is 0.551. The van der Waals surface area contributed by atoms with Crippen LogP contribution in [0.2, 0.25) is 0 Å². The predicted octanol–water partition coefficient (Wildman–Crippen LogP) is 1.05. The van der Waals surface area contributed by atoms with Crippen molar-refractivity contribution in [2.75, 3.05) is 12.8 Å². The maximum Gasteiger partial charge on any atom is 0.254 e. The average molecular weight is 460 g/mol. The summed E-state index contributed by atoms with van der Waals surface area (Å²) in [7, 11) is -4.13. The second-order valence-electron chi connectivity index (χ2n) is 7.86. The van der Waals surface area contributed by atoms with Crippen molar-refractivity contribution in [3.63, 3.8) is 0 Å². The number of hydrogen-bond acceptors (Lipinski definition) is 5. The van der Waals surface area contributed by atoms with E-state index in [0.717, 1.165) is 6.08 Å². The molecule has 0 spiro atoms. The molecule has 4 aliphatic rings. The van der Waals surface area contributed by atoms with Gasteiger partial charge in [-0.2, -0.15) is 4.39 Å². The number of halogens is 4. The first-order valence-corrected chi connectivity index (χ1v) is 11.2. The maximum absolute atomic E-state index is 14.2. The summed E-state index contributed by atoms with van der Waals surface area (Å²) in [5.41, 5.74) is 0. The minimum absolute atomic E-state index is 0. The van der Waals surface area contributed by atoms with E-state index in [1.54, 1.807) is 0 Å². The van der Waals surface area contributed by atoms with E-state index >= 15 is 0 Å². The van der Waals surface area contributed by atoms with E-state index in [4.69, 9.17) is 0 Å². The fraction of sp³-hybridized carbons (Fsp3) is 0.765. The van der Waals surface area contributed by atoms with E-state index in [1.807, 2.05) is 0 Å². The van der Waals surface area contributed by atoms with Gasteiger partial charge < -0.3 is 16.0 Å². The first-order valence-electron chi connectivity index (χ1n) is 9.26. The van der Waals surface area contributed by atoms with Gasteiger partial charge in [-0.15, -0.1) is 12.4 Å². The highest BCUT2D eigenvalue weighted by Crippen LogP contribution is 2.44. The molecule has 3 heterocycles. The number of carbonyl (C=O) groups excluding carboxylic acids is 2. The molecule has 4 fully saturated rings. The Morgan fingerprint density at radius 3 is 2.55 bits per heavy atom. The van der Waals surface area contributed by atoms with Gasteiger partial charge in [0, 0.05) is 37.1 Å². The van der Waals surface area contributed by atoms with E-state index in [-0.39, 0.29) is 37.6 Å². The van der Waals surface area contributed by atoms with Crippen molar-refractivity contribution in [2.45, 2.75) is 56.2 Å². The Balaban J connectivity index is 0.00000300. The normalized spacial score (nSPS) is 32.3. The van der Waals surface area contributed by atoms with Crippen LogP contribution in [0.4, 0.5) is 13.2 Å². The molecule has 1 saturated carbocycles. The van der Waals surface area contributed by atoms with Crippen molar-refractivity contribution < 1.29 is 31.2 Å². The van der Waals surface area contributed by atoms with E-state index in [9.17, 15) is 31.2 Å². The summed E-state index contributed by atoms with van der Waals surface area (Å²) in [5.74, 6) is -5.67. The molecule has 0 unspecified atom stereocenters. The molecular weight excluding hydrogens is 435 g/mol. The van der Waals surface area contributed by atoms with Crippen molar-refractivity contribution in [3.05, 3.63) is 11.2 Å². The van der Waals surface area contributed by atoms with Gasteiger partial charge in [0.1, 0.15) is 0 Å².